The largest absolute Gasteiger partial charge is 0.479 e. The summed E-state index contributed by atoms with van der Waals surface area (Å²) in [5, 5.41) is 26.8. The third-order valence-corrected chi connectivity index (χ3v) is 13.7. The van der Waals surface area contributed by atoms with Crippen molar-refractivity contribution < 1.29 is 24.3 Å². The molecule has 2 aliphatic carbocycles. The number of fused-ring (bicyclic) bond motifs is 4. The van der Waals surface area contributed by atoms with E-state index < -0.39 is 29.1 Å². The summed E-state index contributed by atoms with van der Waals surface area (Å²) >= 11 is 0. The molecule has 6 N–H and O–H groups in total. The molecule has 0 saturated heterocycles. The molecule has 0 atom stereocenters. The third kappa shape index (κ3) is 11.5. The molecule has 4 aromatic carbocycles. The van der Waals surface area contributed by atoms with E-state index in [-0.39, 0.29) is 84.9 Å². The highest BCUT2D eigenvalue weighted by atomic mass is 16.3. The van der Waals surface area contributed by atoms with Crippen LogP contribution in [0, 0.1) is 0 Å². The van der Waals surface area contributed by atoms with Crippen LogP contribution in [0.4, 0.5) is 41.1 Å². The highest BCUT2D eigenvalue weighted by Gasteiger charge is 2.39. The number of anilines is 7. The van der Waals surface area contributed by atoms with Gasteiger partial charge in [-0.1, -0.05) is 102 Å². The quantitative estimate of drug-likeness (QED) is 0.0283. The van der Waals surface area contributed by atoms with Gasteiger partial charge in [-0.3, -0.25) is 19.2 Å². The Hall–Kier alpha value is -7.74. The van der Waals surface area contributed by atoms with Gasteiger partial charge in [0.05, 0.1) is 22.5 Å². The Balaban J connectivity index is 1.20. The summed E-state index contributed by atoms with van der Waals surface area (Å²) in [4.78, 5) is 93.4. The predicted molar refractivity (Wildman–Crippen MR) is 289 cm³/mol. The van der Waals surface area contributed by atoms with Crippen LogP contribution in [0.3, 0.4) is 0 Å². The number of ketones is 4. The minimum atomic E-state index is -0.551. The second-order valence-corrected chi connectivity index (χ2v) is 18.0. The maximum atomic E-state index is 15.0. The van der Waals surface area contributed by atoms with E-state index in [1.54, 1.807) is 72.8 Å². The fourth-order valence-corrected chi connectivity index (χ4v) is 9.56. The summed E-state index contributed by atoms with van der Waals surface area (Å²) in [6, 6.07) is 19.2. The van der Waals surface area contributed by atoms with E-state index in [9.17, 15) is 19.5 Å². The molecule has 0 radical (unpaired) electrons. The topological polar surface area (TPSA) is 236 Å². The molecule has 0 spiro atoms. The molecule has 2 aliphatic rings. The van der Waals surface area contributed by atoms with Crippen LogP contribution < -0.4 is 26.6 Å². The molecular formula is C55H66N14O5. The lowest BCUT2D eigenvalue weighted by Gasteiger charge is -2.26. The first-order valence-corrected chi connectivity index (χ1v) is 25.8. The van der Waals surface area contributed by atoms with Gasteiger partial charge in [-0.15, -0.1) is 0 Å². The normalized spacial score (nSPS) is 12.7. The van der Waals surface area contributed by atoms with Gasteiger partial charge in [0.2, 0.25) is 29.7 Å². The maximum absolute atomic E-state index is 15.0. The molecule has 0 amide bonds. The molecule has 19 heteroatoms. The number of aromatic hydroxyl groups is 1. The highest BCUT2D eigenvalue weighted by Crippen LogP contribution is 2.44. The summed E-state index contributed by atoms with van der Waals surface area (Å²) in [5.41, 5.74) is 1.85. The minimum absolute atomic E-state index is 0.00482. The molecule has 0 fully saturated rings. The van der Waals surface area contributed by atoms with Crippen LogP contribution in [-0.4, -0.2) is 151 Å². The number of carbonyl (C=O) groups is 4. The minimum Gasteiger partial charge on any atom is -0.479 e. The van der Waals surface area contributed by atoms with Crippen molar-refractivity contribution >= 4 is 64.2 Å². The first-order chi connectivity index (χ1) is 36.0. The predicted octanol–water partition coefficient (Wildman–Crippen LogP) is 7.90. The average Bonchev–Trinajstić information content (AvgIpc) is 3.41. The monoisotopic (exact) mass is 1000 g/mol. The van der Waals surface area contributed by atoms with Crippen molar-refractivity contribution in [3.8, 4) is 17.1 Å². The Labute approximate surface area is 432 Å². The Kier molecular flexibility index (Phi) is 17.3. The zero-order chi connectivity index (χ0) is 52.3. The first-order valence-electron chi connectivity index (χ1n) is 25.8. The van der Waals surface area contributed by atoms with Crippen LogP contribution >= 0.6 is 0 Å². The zero-order valence-corrected chi connectivity index (χ0v) is 43.1. The van der Waals surface area contributed by atoms with Gasteiger partial charge in [0.1, 0.15) is 0 Å². The maximum Gasteiger partial charge on any atom is 0.320 e. The third-order valence-electron chi connectivity index (χ3n) is 13.7. The smallest absolute Gasteiger partial charge is 0.320 e. The van der Waals surface area contributed by atoms with Gasteiger partial charge in [-0.25, -0.2) is 0 Å². The molecule has 2 heterocycles. The molecule has 6 aromatic rings. The molecule has 0 unspecified atom stereocenters. The summed E-state index contributed by atoms with van der Waals surface area (Å²) in [7, 11) is 0. The second kappa shape index (κ2) is 24.3. The lowest BCUT2D eigenvalue weighted by molar-refractivity contribution is 0.0978. The number of aromatic nitrogens is 6. The standard InChI is InChI=1S/C55H66N14O5/c1-7-67(8-2)31-17-28-56-50-61-51(57-29-18-32-68(9-3)10-4)63-53(62-50)59-40-26-24-34(42-44(40)48(72)38-22-15-13-20-36(38)46(42)70)35-25-27-41(45-43(35)47(71)37-21-14-16-23-39(37)49(45)73)60-54-64-52(65-55(74)66-54)58-30-19-33-69(11-5)12-6/h13-16,20-27H,7-12,17-19,28-33H2,1-6H3,(H3,56,57,59,61,62,63)(H3,58,60,64,65,66,74). The van der Waals surface area contributed by atoms with Crippen molar-refractivity contribution in [2.75, 3.05) is 105 Å². The summed E-state index contributed by atoms with van der Waals surface area (Å²) in [5.74, 6) is -0.941. The molecule has 8 rings (SSSR count). The molecule has 74 heavy (non-hydrogen) atoms. The van der Waals surface area contributed by atoms with Crippen molar-refractivity contribution in [1.82, 2.24) is 44.6 Å². The Morgan fingerprint density at radius 3 is 1.03 bits per heavy atom. The van der Waals surface area contributed by atoms with Crippen molar-refractivity contribution in [1.29, 1.82) is 0 Å². The molecule has 0 saturated carbocycles. The number of benzene rings is 4. The second-order valence-electron chi connectivity index (χ2n) is 18.0. The van der Waals surface area contributed by atoms with E-state index in [0.717, 1.165) is 78.2 Å². The SMILES string of the molecule is CCN(CC)CCCNc1nc(O)nc(Nc2ccc(-c3ccc(Nc4nc(NCCCN(CC)CC)nc(NCCCN(CC)CC)n4)c4c3C(=O)c3ccccc3C4=O)c3c2C(=O)c2ccccc2C3=O)n1. The number of hydrogen-bond donors (Lipinski definition) is 6. The summed E-state index contributed by atoms with van der Waals surface area (Å²) in [6.45, 7) is 22.8. The number of carbonyl (C=O) groups excluding carboxylic acids is 4. The van der Waals surface area contributed by atoms with Gasteiger partial charge in [-0.2, -0.15) is 29.9 Å². The summed E-state index contributed by atoms with van der Waals surface area (Å²) in [6.07, 6.45) is 2.50. The van der Waals surface area contributed by atoms with Crippen LogP contribution in [0.1, 0.15) is 124 Å². The Morgan fingerprint density at radius 1 is 0.378 bits per heavy atom. The van der Waals surface area contributed by atoms with Crippen LogP contribution in [0.15, 0.2) is 72.8 Å². The van der Waals surface area contributed by atoms with Crippen LogP contribution in [0.2, 0.25) is 0 Å². The van der Waals surface area contributed by atoms with E-state index in [2.05, 4.69) is 97.8 Å². The van der Waals surface area contributed by atoms with Crippen molar-refractivity contribution in [3.05, 3.63) is 117 Å². The van der Waals surface area contributed by atoms with E-state index in [1.807, 2.05) is 0 Å². The molecule has 0 aliphatic heterocycles. The summed E-state index contributed by atoms with van der Waals surface area (Å²) < 4.78 is 0. The van der Waals surface area contributed by atoms with Gasteiger partial charge in [0.15, 0.2) is 23.1 Å². The van der Waals surface area contributed by atoms with Crippen molar-refractivity contribution in [3.63, 3.8) is 0 Å². The van der Waals surface area contributed by atoms with Gasteiger partial charge >= 0.3 is 6.01 Å². The van der Waals surface area contributed by atoms with Crippen LogP contribution in [0.25, 0.3) is 11.1 Å². The highest BCUT2D eigenvalue weighted by molar-refractivity contribution is 6.35. The zero-order valence-electron chi connectivity index (χ0n) is 43.1. The number of hydrogen-bond acceptors (Lipinski definition) is 19. The van der Waals surface area contributed by atoms with Gasteiger partial charge in [0, 0.05) is 53.0 Å². The average molecular weight is 1000 g/mol. The molecule has 0 bridgehead atoms. The Morgan fingerprint density at radius 2 is 0.676 bits per heavy atom. The van der Waals surface area contributed by atoms with E-state index in [1.165, 1.54) is 0 Å². The van der Waals surface area contributed by atoms with Crippen LogP contribution in [0.5, 0.6) is 6.01 Å². The molecule has 2 aromatic heterocycles. The Bertz CT molecular complexity index is 2990. The van der Waals surface area contributed by atoms with Gasteiger partial charge in [0.25, 0.3) is 0 Å². The van der Waals surface area contributed by atoms with E-state index >= 15 is 4.79 Å². The number of nitrogens with zero attached hydrogens (tertiary/aromatic N) is 9. The lowest BCUT2D eigenvalue weighted by Crippen LogP contribution is -2.26. The lowest BCUT2D eigenvalue weighted by atomic mass is 9.75. The van der Waals surface area contributed by atoms with Crippen LogP contribution in [-0.2, 0) is 0 Å². The fraction of sp³-hybridized carbons (Fsp3) is 0.382. The first kappa shape index (κ1) is 52.6. The van der Waals surface area contributed by atoms with Crippen molar-refractivity contribution in [2.45, 2.75) is 60.8 Å². The van der Waals surface area contributed by atoms with Crippen molar-refractivity contribution in [2.24, 2.45) is 0 Å². The fourth-order valence-electron chi connectivity index (χ4n) is 9.56. The van der Waals surface area contributed by atoms with E-state index in [4.69, 9.17) is 15.0 Å². The number of nitrogens with one attached hydrogen (secondary N) is 5. The van der Waals surface area contributed by atoms with E-state index in [0.29, 0.717) is 31.5 Å². The molecule has 386 valence electrons. The molecular weight excluding hydrogens is 937 g/mol. The number of rotatable bonds is 26. The van der Waals surface area contributed by atoms with Gasteiger partial charge in [-0.05, 0) is 101 Å². The molecule has 19 nitrogen and oxygen atoms in total. The van der Waals surface area contributed by atoms with Gasteiger partial charge < -0.3 is 46.4 Å².